The van der Waals surface area contributed by atoms with E-state index >= 15 is 0 Å². The van der Waals surface area contributed by atoms with E-state index in [0.29, 0.717) is 26.3 Å². The van der Waals surface area contributed by atoms with E-state index in [9.17, 15) is 13.2 Å². The van der Waals surface area contributed by atoms with E-state index in [2.05, 4.69) is 4.99 Å². The SMILES string of the molecule is O=C(O)C1=NC=C(CN2CCOCC2)S1(=O)=O. The standard InChI is InChI=1S/C9H12N2O5S/c12-9(13)8-10-5-7(17(8,14)15)6-11-1-3-16-4-2-11/h5H,1-4,6H2,(H,12,13). The number of aliphatic imine (C=N–C) groups is 1. The average molecular weight is 260 g/mol. The summed E-state index contributed by atoms with van der Waals surface area (Å²) in [5, 5.41) is 7.90. The first kappa shape index (κ1) is 12.2. The van der Waals surface area contributed by atoms with Gasteiger partial charge < -0.3 is 9.84 Å². The molecule has 2 aliphatic rings. The summed E-state index contributed by atoms with van der Waals surface area (Å²) in [4.78, 5) is 16.1. The molecule has 0 saturated carbocycles. The van der Waals surface area contributed by atoms with E-state index in [-0.39, 0.29) is 11.4 Å². The van der Waals surface area contributed by atoms with Crippen LogP contribution in [0.25, 0.3) is 0 Å². The third kappa shape index (κ3) is 2.38. The number of sulfone groups is 1. The number of morpholine rings is 1. The van der Waals surface area contributed by atoms with Gasteiger partial charge in [0.05, 0.1) is 18.1 Å². The molecular formula is C9H12N2O5S. The molecule has 8 heteroatoms. The molecule has 2 rings (SSSR count). The van der Waals surface area contributed by atoms with Crippen molar-refractivity contribution in [2.24, 2.45) is 4.99 Å². The van der Waals surface area contributed by atoms with Crippen molar-refractivity contribution >= 4 is 20.9 Å². The van der Waals surface area contributed by atoms with E-state index in [1.54, 1.807) is 0 Å². The Balaban J connectivity index is 2.08. The first-order valence-corrected chi connectivity index (χ1v) is 6.55. The zero-order valence-electron chi connectivity index (χ0n) is 9.00. The van der Waals surface area contributed by atoms with Crippen molar-refractivity contribution in [3.05, 3.63) is 11.1 Å². The molecule has 1 fully saturated rings. The summed E-state index contributed by atoms with van der Waals surface area (Å²) in [5.41, 5.74) is 0. The Morgan fingerprint density at radius 1 is 1.47 bits per heavy atom. The molecule has 1 saturated heterocycles. The minimum atomic E-state index is -3.90. The summed E-state index contributed by atoms with van der Waals surface area (Å²) in [6.45, 7) is 2.57. The summed E-state index contributed by atoms with van der Waals surface area (Å²) >= 11 is 0. The van der Waals surface area contributed by atoms with Crippen LogP contribution in [0, 0.1) is 0 Å². The number of carboxylic acids is 1. The number of nitrogens with zero attached hydrogens (tertiary/aromatic N) is 2. The molecule has 7 nitrogen and oxygen atoms in total. The van der Waals surface area contributed by atoms with Crippen LogP contribution in [0.15, 0.2) is 16.1 Å². The largest absolute Gasteiger partial charge is 0.476 e. The monoisotopic (exact) mass is 260 g/mol. The lowest BCUT2D eigenvalue weighted by Gasteiger charge is -2.26. The molecule has 2 heterocycles. The molecule has 0 radical (unpaired) electrons. The van der Waals surface area contributed by atoms with Gasteiger partial charge in [0.25, 0.3) is 0 Å². The fourth-order valence-electron chi connectivity index (χ4n) is 1.67. The first-order chi connectivity index (χ1) is 8.01. The van der Waals surface area contributed by atoms with Gasteiger partial charge in [0, 0.05) is 25.8 Å². The number of carbonyl (C=O) groups is 1. The Kier molecular flexibility index (Phi) is 3.27. The van der Waals surface area contributed by atoms with Crippen LogP contribution in [0.1, 0.15) is 0 Å². The maximum atomic E-state index is 11.8. The minimum Gasteiger partial charge on any atom is -0.476 e. The molecule has 0 bridgehead atoms. The lowest BCUT2D eigenvalue weighted by Crippen LogP contribution is -2.38. The van der Waals surface area contributed by atoms with Crippen molar-refractivity contribution in [1.82, 2.24) is 4.90 Å². The summed E-state index contributed by atoms with van der Waals surface area (Å²) in [6, 6.07) is 0. The van der Waals surface area contributed by atoms with E-state index < -0.39 is 20.9 Å². The van der Waals surface area contributed by atoms with Crippen molar-refractivity contribution in [2.45, 2.75) is 0 Å². The van der Waals surface area contributed by atoms with E-state index in [4.69, 9.17) is 9.84 Å². The van der Waals surface area contributed by atoms with Crippen molar-refractivity contribution in [1.29, 1.82) is 0 Å². The number of ether oxygens (including phenoxy) is 1. The Morgan fingerprint density at radius 3 is 2.65 bits per heavy atom. The van der Waals surface area contributed by atoms with Crippen molar-refractivity contribution in [2.75, 3.05) is 32.8 Å². The lowest BCUT2D eigenvalue weighted by atomic mass is 10.4. The second-order valence-electron chi connectivity index (χ2n) is 3.73. The molecule has 0 atom stereocenters. The van der Waals surface area contributed by atoms with Gasteiger partial charge in [0.15, 0.2) is 0 Å². The average Bonchev–Trinajstić information content (AvgIpc) is 2.56. The summed E-state index contributed by atoms with van der Waals surface area (Å²) < 4.78 is 28.7. The summed E-state index contributed by atoms with van der Waals surface area (Å²) in [5.74, 6) is -1.52. The molecule has 0 amide bonds. The highest BCUT2D eigenvalue weighted by molar-refractivity contribution is 8.11. The van der Waals surface area contributed by atoms with Crippen LogP contribution < -0.4 is 0 Å². The van der Waals surface area contributed by atoms with Gasteiger partial charge in [-0.2, -0.15) is 0 Å². The first-order valence-electron chi connectivity index (χ1n) is 5.07. The van der Waals surface area contributed by atoms with Gasteiger partial charge in [-0.3, -0.25) is 4.90 Å². The molecule has 94 valence electrons. The van der Waals surface area contributed by atoms with Crippen LogP contribution in [0.5, 0.6) is 0 Å². The van der Waals surface area contributed by atoms with Gasteiger partial charge in [0.1, 0.15) is 0 Å². The van der Waals surface area contributed by atoms with Crippen LogP contribution in [-0.4, -0.2) is 62.3 Å². The van der Waals surface area contributed by atoms with Gasteiger partial charge in [-0.1, -0.05) is 0 Å². The summed E-state index contributed by atoms with van der Waals surface area (Å²) in [7, 11) is -3.90. The van der Waals surface area contributed by atoms with Crippen LogP contribution in [0.4, 0.5) is 0 Å². The molecule has 1 N–H and O–H groups in total. The normalized spacial score (nSPS) is 24.2. The molecule has 17 heavy (non-hydrogen) atoms. The molecule has 0 aliphatic carbocycles. The molecule has 0 spiro atoms. The zero-order chi connectivity index (χ0) is 12.5. The van der Waals surface area contributed by atoms with E-state index in [1.807, 2.05) is 4.90 Å². The van der Waals surface area contributed by atoms with Crippen LogP contribution in [-0.2, 0) is 19.4 Å². The van der Waals surface area contributed by atoms with E-state index in [0.717, 1.165) is 6.20 Å². The third-order valence-electron chi connectivity index (χ3n) is 2.59. The minimum absolute atomic E-state index is 0.0387. The fourth-order valence-corrected chi connectivity index (χ4v) is 2.88. The Bertz CT molecular complexity index is 488. The maximum absolute atomic E-state index is 11.8. The highest BCUT2D eigenvalue weighted by Crippen LogP contribution is 2.19. The predicted octanol–water partition coefficient (Wildman–Crippen LogP) is -0.928. The molecule has 2 aliphatic heterocycles. The predicted molar refractivity (Wildman–Crippen MR) is 59.3 cm³/mol. The molecule has 0 aromatic carbocycles. The Hall–Kier alpha value is -1.25. The van der Waals surface area contributed by atoms with Crippen molar-refractivity contribution in [3.63, 3.8) is 0 Å². The Labute approximate surface area is 98.3 Å². The molecular weight excluding hydrogens is 248 g/mol. The lowest BCUT2D eigenvalue weighted by molar-refractivity contribution is -0.129. The number of carboxylic acid groups (broad SMARTS) is 1. The van der Waals surface area contributed by atoms with Gasteiger partial charge in [-0.15, -0.1) is 0 Å². The number of aliphatic carboxylic acids is 1. The smallest absolute Gasteiger partial charge is 0.366 e. The quantitative estimate of drug-likeness (QED) is 0.704. The van der Waals surface area contributed by atoms with Crippen molar-refractivity contribution < 1.29 is 23.1 Å². The van der Waals surface area contributed by atoms with Gasteiger partial charge in [-0.25, -0.2) is 18.2 Å². The van der Waals surface area contributed by atoms with E-state index in [1.165, 1.54) is 0 Å². The Morgan fingerprint density at radius 2 is 2.12 bits per heavy atom. The maximum Gasteiger partial charge on any atom is 0.366 e. The molecule has 0 unspecified atom stereocenters. The number of hydrogen-bond acceptors (Lipinski definition) is 6. The number of rotatable bonds is 3. The second-order valence-corrected chi connectivity index (χ2v) is 5.64. The van der Waals surface area contributed by atoms with Gasteiger partial charge in [0.2, 0.25) is 14.9 Å². The number of hydrogen-bond donors (Lipinski definition) is 1. The second kappa shape index (κ2) is 4.55. The zero-order valence-corrected chi connectivity index (χ0v) is 9.81. The van der Waals surface area contributed by atoms with Crippen molar-refractivity contribution in [3.8, 4) is 0 Å². The highest BCUT2D eigenvalue weighted by Gasteiger charge is 2.35. The van der Waals surface area contributed by atoms with Crippen LogP contribution >= 0.6 is 0 Å². The molecule has 0 aromatic rings. The highest BCUT2D eigenvalue weighted by atomic mass is 32.2. The summed E-state index contributed by atoms with van der Waals surface area (Å²) in [6.07, 6.45) is 1.12. The topological polar surface area (TPSA) is 96.3 Å². The third-order valence-corrected chi connectivity index (χ3v) is 4.31. The van der Waals surface area contributed by atoms with Gasteiger partial charge >= 0.3 is 5.97 Å². The van der Waals surface area contributed by atoms with Crippen LogP contribution in [0.3, 0.4) is 0 Å². The fraction of sp³-hybridized carbons (Fsp3) is 0.556. The molecule has 0 aromatic heterocycles. The van der Waals surface area contributed by atoms with Gasteiger partial charge in [-0.05, 0) is 0 Å². The van der Waals surface area contributed by atoms with Crippen LogP contribution in [0.2, 0.25) is 0 Å².